The third-order valence-electron chi connectivity index (χ3n) is 1.80. The molecule has 0 bridgehead atoms. The molecule has 0 aliphatic carbocycles. The molecule has 0 aromatic rings. The fourth-order valence-corrected chi connectivity index (χ4v) is 0.937. The van der Waals surface area contributed by atoms with Crippen LogP contribution in [0.15, 0.2) is 0 Å². The quantitative estimate of drug-likeness (QED) is 0.272. The average Bonchev–Trinajstić information content (AvgIpc) is 2.27. The summed E-state index contributed by atoms with van der Waals surface area (Å²) >= 11 is 0. The second-order valence-corrected chi connectivity index (χ2v) is 2.93. The summed E-state index contributed by atoms with van der Waals surface area (Å²) in [6.45, 7) is -1.26. The summed E-state index contributed by atoms with van der Waals surface area (Å²) in [4.78, 5) is 10.4. The third-order valence-corrected chi connectivity index (χ3v) is 1.80. The monoisotopic (exact) mass is 224 g/mol. The number of aldehydes is 1. The summed E-state index contributed by atoms with van der Waals surface area (Å²) in [7, 11) is 0. The van der Waals surface area contributed by atoms with Gasteiger partial charge in [-0.25, -0.2) is 0 Å². The van der Waals surface area contributed by atoms with Crippen molar-refractivity contribution in [1.82, 2.24) is 0 Å². The molecule has 90 valence electrons. The zero-order valence-corrected chi connectivity index (χ0v) is 8.06. The highest BCUT2D eigenvalue weighted by atomic mass is 16.5. The highest BCUT2D eigenvalue weighted by molar-refractivity contribution is 5.57. The van der Waals surface area contributed by atoms with Crippen molar-refractivity contribution in [3.63, 3.8) is 0 Å². The Labute approximate surface area is 86.5 Å². The van der Waals surface area contributed by atoms with Gasteiger partial charge in [0.15, 0.2) is 6.29 Å². The molecule has 0 radical (unpaired) electrons. The molecule has 4 unspecified atom stereocenters. The first-order valence-electron chi connectivity index (χ1n) is 4.41. The Bertz CT molecular complexity index is 174. The largest absolute Gasteiger partial charge is 0.394 e. The molecule has 7 heteroatoms. The molecule has 0 rings (SSSR count). The van der Waals surface area contributed by atoms with Crippen LogP contribution in [-0.4, -0.2) is 76.1 Å². The number of hydrogen-bond acceptors (Lipinski definition) is 7. The van der Waals surface area contributed by atoms with Crippen molar-refractivity contribution in [3.05, 3.63) is 0 Å². The van der Waals surface area contributed by atoms with Gasteiger partial charge >= 0.3 is 0 Å². The number of carbonyl (C=O) groups is 1. The maximum Gasteiger partial charge on any atom is 0.151 e. The number of carbonyl (C=O) groups excluding carboxylic acids is 1. The van der Waals surface area contributed by atoms with Crippen molar-refractivity contribution in [2.75, 3.05) is 19.8 Å². The minimum atomic E-state index is -1.69. The summed E-state index contributed by atoms with van der Waals surface area (Å²) < 4.78 is 4.70. The van der Waals surface area contributed by atoms with Crippen LogP contribution in [0.1, 0.15) is 0 Å². The van der Waals surface area contributed by atoms with Crippen molar-refractivity contribution in [1.29, 1.82) is 0 Å². The van der Waals surface area contributed by atoms with Crippen LogP contribution in [0.2, 0.25) is 0 Å². The van der Waals surface area contributed by atoms with Crippen LogP contribution in [0.5, 0.6) is 0 Å². The summed E-state index contributed by atoms with van der Waals surface area (Å²) in [6.07, 6.45) is -6.01. The SMILES string of the molecule is O=CC(OCCO)C(O)C(O)C(O)CO. The summed E-state index contributed by atoms with van der Waals surface area (Å²) in [5.74, 6) is 0. The van der Waals surface area contributed by atoms with Gasteiger partial charge in [0.25, 0.3) is 0 Å². The van der Waals surface area contributed by atoms with Gasteiger partial charge in [-0.2, -0.15) is 0 Å². The fourth-order valence-electron chi connectivity index (χ4n) is 0.937. The first-order chi connectivity index (χ1) is 7.08. The summed E-state index contributed by atoms with van der Waals surface area (Å²) in [5.41, 5.74) is 0. The van der Waals surface area contributed by atoms with E-state index in [1.807, 2.05) is 0 Å². The van der Waals surface area contributed by atoms with Crippen LogP contribution < -0.4 is 0 Å². The molecule has 0 fully saturated rings. The van der Waals surface area contributed by atoms with Crippen molar-refractivity contribution < 1.29 is 35.1 Å². The molecule has 0 saturated heterocycles. The van der Waals surface area contributed by atoms with E-state index in [9.17, 15) is 15.0 Å². The normalized spacial score (nSPS) is 19.3. The Morgan fingerprint density at radius 1 is 1.13 bits per heavy atom. The van der Waals surface area contributed by atoms with Crippen LogP contribution in [0, 0.1) is 0 Å². The molecule has 0 aliphatic heterocycles. The minimum absolute atomic E-state index is 0.178. The number of aliphatic hydroxyl groups is 5. The van der Waals surface area contributed by atoms with Gasteiger partial charge in [0, 0.05) is 0 Å². The van der Waals surface area contributed by atoms with E-state index < -0.39 is 31.0 Å². The van der Waals surface area contributed by atoms with E-state index in [2.05, 4.69) is 0 Å². The lowest BCUT2D eigenvalue weighted by atomic mass is 10.0. The van der Waals surface area contributed by atoms with Gasteiger partial charge in [0.05, 0.1) is 19.8 Å². The standard InChI is InChI=1S/C8H16O7/c9-1-2-15-6(4-11)8(14)7(13)5(12)3-10/h4-10,12-14H,1-3H2. The van der Waals surface area contributed by atoms with Crippen LogP contribution >= 0.6 is 0 Å². The Balaban J connectivity index is 4.23. The first kappa shape index (κ1) is 14.4. The van der Waals surface area contributed by atoms with Gasteiger partial charge in [-0.05, 0) is 0 Å². The van der Waals surface area contributed by atoms with Gasteiger partial charge < -0.3 is 35.1 Å². The first-order valence-corrected chi connectivity index (χ1v) is 4.41. The Morgan fingerprint density at radius 3 is 2.13 bits per heavy atom. The zero-order chi connectivity index (χ0) is 11.8. The molecule has 0 aromatic heterocycles. The number of ether oxygens (including phenoxy) is 1. The predicted molar refractivity (Wildman–Crippen MR) is 48.0 cm³/mol. The van der Waals surface area contributed by atoms with Crippen molar-refractivity contribution >= 4 is 6.29 Å². The van der Waals surface area contributed by atoms with Gasteiger partial charge in [-0.3, -0.25) is 0 Å². The maximum atomic E-state index is 10.4. The lowest BCUT2D eigenvalue weighted by Crippen LogP contribution is -2.47. The summed E-state index contributed by atoms with van der Waals surface area (Å²) in [6, 6.07) is 0. The Kier molecular flexibility index (Phi) is 7.39. The molecule has 4 atom stereocenters. The molecule has 0 aliphatic rings. The van der Waals surface area contributed by atoms with Crippen molar-refractivity contribution in [2.24, 2.45) is 0 Å². The lowest BCUT2D eigenvalue weighted by Gasteiger charge is -2.25. The predicted octanol–water partition coefficient (Wildman–Crippen LogP) is -3.36. The summed E-state index contributed by atoms with van der Waals surface area (Å²) in [5, 5.41) is 44.5. The van der Waals surface area contributed by atoms with Crippen molar-refractivity contribution in [2.45, 2.75) is 24.4 Å². The van der Waals surface area contributed by atoms with Gasteiger partial charge in [-0.1, -0.05) is 0 Å². The van der Waals surface area contributed by atoms with Gasteiger partial charge in [-0.15, -0.1) is 0 Å². The zero-order valence-electron chi connectivity index (χ0n) is 8.06. The van der Waals surface area contributed by atoms with Crippen molar-refractivity contribution in [3.8, 4) is 0 Å². The van der Waals surface area contributed by atoms with Crippen LogP contribution in [0.3, 0.4) is 0 Å². The molecular formula is C8H16O7. The average molecular weight is 224 g/mol. The van der Waals surface area contributed by atoms with E-state index in [0.717, 1.165) is 0 Å². The molecule has 5 N–H and O–H groups in total. The van der Waals surface area contributed by atoms with E-state index in [1.54, 1.807) is 0 Å². The van der Waals surface area contributed by atoms with Crippen LogP contribution in [-0.2, 0) is 9.53 Å². The van der Waals surface area contributed by atoms with E-state index in [1.165, 1.54) is 0 Å². The molecule has 7 nitrogen and oxygen atoms in total. The molecule has 0 saturated carbocycles. The molecular weight excluding hydrogens is 208 g/mol. The molecule has 0 aromatic carbocycles. The molecule has 15 heavy (non-hydrogen) atoms. The van der Waals surface area contributed by atoms with Gasteiger partial charge in [0.2, 0.25) is 0 Å². The Hall–Kier alpha value is -0.570. The van der Waals surface area contributed by atoms with Crippen LogP contribution in [0.25, 0.3) is 0 Å². The fraction of sp³-hybridized carbons (Fsp3) is 0.875. The molecule has 0 spiro atoms. The smallest absolute Gasteiger partial charge is 0.151 e. The van der Waals surface area contributed by atoms with E-state index in [4.69, 9.17) is 20.1 Å². The topological polar surface area (TPSA) is 127 Å². The number of rotatable bonds is 8. The second kappa shape index (κ2) is 7.69. The highest BCUT2D eigenvalue weighted by Gasteiger charge is 2.31. The number of hydrogen-bond donors (Lipinski definition) is 5. The van der Waals surface area contributed by atoms with E-state index in [-0.39, 0.29) is 19.5 Å². The second-order valence-electron chi connectivity index (χ2n) is 2.93. The minimum Gasteiger partial charge on any atom is -0.394 e. The third kappa shape index (κ3) is 4.65. The van der Waals surface area contributed by atoms with Gasteiger partial charge in [0.1, 0.15) is 24.4 Å². The molecule has 0 heterocycles. The van der Waals surface area contributed by atoms with E-state index in [0.29, 0.717) is 0 Å². The molecule has 0 amide bonds. The maximum absolute atomic E-state index is 10.4. The highest BCUT2D eigenvalue weighted by Crippen LogP contribution is 2.06. The van der Waals surface area contributed by atoms with E-state index >= 15 is 0 Å². The van der Waals surface area contributed by atoms with Crippen LogP contribution in [0.4, 0.5) is 0 Å². The lowest BCUT2D eigenvalue weighted by molar-refractivity contribution is -0.147. The Morgan fingerprint density at radius 2 is 1.73 bits per heavy atom. The number of aliphatic hydroxyl groups excluding tert-OH is 5.